The Kier molecular flexibility index (Phi) is 2.09. The number of carbonyl (C=O) groups is 1. The van der Waals surface area contributed by atoms with Crippen molar-refractivity contribution in [2.45, 2.75) is 0 Å². The fourth-order valence-corrected chi connectivity index (χ4v) is 1.39. The number of aromatic nitrogens is 3. The normalized spacial score (nSPS) is 9.85. The fraction of sp³-hybridized carbons (Fsp3) is 0. The number of rotatable bonds is 2. The lowest BCUT2D eigenvalue weighted by atomic mass is 10.3. The fourth-order valence-electron chi connectivity index (χ4n) is 0.859. The minimum absolute atomic E-state index is 0.178. The molecule has 4 nitrogen and oxygen atoms in total. The number of hydrogen-bond acceptors (Lipinski definition) is 5. The second-order valence-electron chi connectivity index (χ2n) is 2.28. The Hall–Kier alpha value is -1.62. The molecule has 64 valence electrons. The Morgan fingerprint density at radius 1 is 1.23 bits per heavy atom. The molecule has 0 aliphatic rings. The van der Waals surface area contributed by atoms with Crippen molar-refractivity contribution in [2.24, 2.45) is 0 Å². The van der Waals surface area contributed by atoms with E-state index in [1.54, 1.807) is 30.7 Å². The van der Waals surface area contributed by atoms with Crippen LogP contribution in [0.2, 0.25) is 0 Å². The molecule has 0 amide bonds. The molecule has 0 radical (unpaired) electrons. The van der Waals surface area contributed by atoms with Crippen molar-refractivity contribution in [1.82, 2.24) is 14.3 Å². The van der Waals surface area contributed by atoms with Gasteiger partial charge in [-0.2, -0.15) is 0 Å². The molecule has 0 bridgehead atoms. The highest BCUT2D eigenvalue weighted by atomic mass is 32.1. The zero-order chi connectivity index (χ0) is 9.10. The van der Waals surface area contributed by atoms with E-state index in [9.17, 15) is 4.79 Å². The first-order chi connectivity index (χ1) is 6.38. The third-order valence-corrected chi connectivity index (χ3v) is 2.18. The van der Waals surface area contributed by atoms with Gasteiger partial charge in [-0.1, -0.05) is 0 Å². The molecule has 0 aromatic carbocycles. The maximum absolute atomic E-state index is 11.6. The summed E-state index contributed by atoms with van der Waals surface area (Å²) in [7, 11) is 0. The van der Waals surface area contributed by atoms with Crippen molar-refractivity contribution in [3.63, 3.8) is 0 Å². The summed E-state index contributed by atoms with van der Waals surface area (Å²) in [6, 6.07) is 3.33. The molecule has 0 saturated carbocycles. The monoisotopic (exact) mass is 191 g/mol. The Balaban J connectivity index is 2.34. The molecule has 2 rings (SSSR count). The van der Waals surface area contributed by atoms with Crippen molar-refractivity contribution in [3.05, 3.63) is 41.4 Å². The van der Waals surface area contributed by atoms with Crippen LogP contribution in [0.15, 0.2) is 30.7 Å². The summed E-state index contributed by atoms with van der Waals surface area (Å²) in [4.78, 5) is 19.8. The average molecular weight is 191 g/mol. The van der Waals surface area contributed by atoms with Crippen molar-refractivity contribution >= 4 is 17.3 Å². The standard InChI is InChI=1S/C8H5N3OS/c12-7(6-2-5-11-13-6)8-9-3-1-4-10-8/h1-5H. The SMILES string of the molecule is O=C(c1ncccn1)c1ccns1. The van der Waals surface area contributed by atoms with Gasteiger partial charge in [-0.25, -0.2) is 14.3 Å². The molecule has 0 fully saturated rings. The molecule has 2 heterocycles. The van der Waals surface area contributed by atoms with E-state index in [2.05, 4.69) is 14.3 Å². The van der Waals surface area contributed by atoms with Gasteiger partial charge in [0.15, 0.2) is 0 Å². The Labute approximate surface area is 78.5 Å². The summed E-state index contributed by atoms with van der Waals surface area (Å²) < 4.78 is 3.83. The number of carbonyl (C=O) groups excluding carboxylic acids is 1. The van der Waals surface area contributed by atoms with Gasteiger partial charge >= 0.3 is 0 Å². The van der Waals surface area contributed by atoms with Crippen molar-refractivity contribution in [3.8, 4) is 0 Å². The van der Waals surface area contributed by atoms with E-state index in [-0.39, 0.29) is 11.6 Å². The number of hydrogen-bond donors (Lipinski definition) is 0. The second kappa shape index (κ2) is 3.40. The summed E-state index contributed by atoms with van der Waals surface area (Å²) in [6.07, 6.45) is 4.67. The first-order valence-electron chi connectivity index (χ1n) is 3.60. The molecule has 0 aliphatic heterocycles. The molecule has 2 aromatic rings. The van der Waals surface area contributed by atoms with Gasteiger partial charge in [-0.05, 0) is 23.7 Å². The molecule has 2 aromatic heterocycles. The number of nitrogens with zero attached hydrogens (tertiary/aromatic N) is 3. The topological polar surface area (TPSA) is 55.7 Å². The largest absolute Gasteiger partial charge is 0.284 e. The van der Waals surface area contributed by atoms with E-state index < -0.39 is 0 Å². The van der Waals surface area contributed by atoms with Crippen LogP contribution >= 0.6 is 11.5 Å². The predicted octanol–water partition coefficient (Wildman–Crippen LogP) is 1.16. The van der Waals surface area contributed by atoms with Gasteiger partial charge in [-0.3, -0.25) is 4.79 Å². The Morgan fingerprint density at radius 3 is 2.62 bits per heavy atom. The maximum atomic E-state index is 11.6. The number of ketones is 1. The van der Waals surface area contributed by atoms with E-state index in [0.717, 1.165) is 11.5 Å². The first kappa shape index (κ1) is 8.00. The predicted molar refractivity (Wildman–Crippen MR) is 47.6 cm³/mol. The van der Waals surface area contributed by atoms with Gasteiger partial charge < -0.3 is 0 Å². The zero-order valence-corrected chi connectivity index (χ0v) is 7.36. The van der Waals surface area contributed by atoms with E-state index in [1.807, 2.05) is 0 Å². The second-order valence-corrected chi connectivity index (χ2v) is 3.11. The van der Waals surface area contributed by atoms with Crippen molar-refractivity contribution in [2.75, 3.05) is 0 Å². The summed E-state index contributed by atoms with van der Waals surface area (Å²) in [5.74, 6) is 0.0369. The maximum Gasteiger partial charge on any atom is 0.241 e. The summed E-state index contributed by atoms with van der Waals surface area (Å²) in [5, 5.41) is 0. The van der Waals surface area contributed by atoms with E-state index in [0.29, 0.717) is 4.88 Å². The van der Waals surface area contributed by atoms with Crippen LogP contribution in [0.3, 0.4) is 0 Å². The van der Waals surface area contributed by atoms with E-state index in [1.165, 1.54) is 0 Å². The Morgan fingerprint density at radius 2 is 2.00 bits per heavy atom. The first-order valence-corrected chi connectivity index (χ1v) is 4.37. The third kappa shape index (κ3) is 1.59. The molecule has 5 heteroatoms. The molecular weight excluding hydrogens is 186 g/mol. The molecular formula is C8H5N3OS. The van der Waals surface area contributed by atoms with Crippen LogP contribution in [0, 0.1) is 0 Å². The van der Waals surface area contributed by atoms with Crippen LogP contribution in [0.25, 0.3) is 0 Å². The van der Waals surface area contributed by atoms with Gasteiger partial charge in [0.1, 0.15) is 0 Å². The van der Waals surface area contributed by atoms with Gasteiger partial charge in [-0.15, -0.1) is 0 Å². The van der Waals surface area contributed by atoms with Gasteiger partial charge in [0.25, 0.3) is 0 Å². The summed E-state index contributed by atoms with van der Waals surface area (Å²) in [5.41, 5.74) is 0. The van der Waals surface area contributed by atoms with Crippen LogP contribution in [0.4, 0.5) is 0 Å². The van der Waals surface area contributed by atoms with Crippen LogP contribution in [-0.2, 0) is 0 Å². The van der Waals surface area contributed by atoms with Crippen LogP contribution in [0.5, 0.6) is 0 Å². The highest BCUT2D eigenvalue weighted by Crippen LogP contribution is 2.08. The van der Waals surface area contributed by atoms with E-state index >= 15 is 0 Å². The molecule has 0 saturated heterocycles. The van der Waals surface area contributed by atoms with Crippen LogP contribution < -0.4 is 0 Å². The smallest absolute Gasteiger partial charge is 0.241 e. The molecule has 0 N–H and O–H groups in total. The lowest BCUT2D eigenvalue weighted by Gasteiger charge is -1.92. The lowest BCUT2D eigenvalue weighted by molar-refractivity contribution is 0.103. The average Bonchev–Trinajstić information content (AvgIpc) is 2.71. The zero-order valence-electron chi connectivity index (χ0n) is 6.54. The van der Waals surface area contributed by atoms with Crippen molar-refractivity contribution in [1.29, 1.82) is 0 Å². The molecule has 0 unspecified atom stereocenters. The van der Waals surface area contributed by atoms with Crippen molar-refractivity contribution < 1.29 is 4.79 Å². The Bertz CT molecular complexity index is 399. The molecule has 0 atom stereocenters. The van der Waals surface area contributed by atoms with Crippen LogP contribution in [0.1, 0.15) is 15.5 Å². The van der Waals surface area contributed by atoms with E-state index in [4.69, 9.17) is 0 Å². The third-order valence-electron chi connectivity index (χ3n) is 1.43. The molecule has 0 aliphatic carbocycles. The molecule has 13 heavy (non-hydrogen) atoms. The van der Waals surface area contributed by atoms with Gasteiger partial charge in [0.2, 0.25) is 11.6 Å². The minimum Gasteiger partial charge on any atom is -0.284 e. The minimum atomic E-state index is -0.178. The van der Waals surface area contributed by atoms with Gasteiger partial charge in [0.05, 0.1) is 4.88 Å². The lowest BCUT2D eigenvalue weighted by Crippen LogP contribution is -2.03. The van der Waals surface area contributed by atoms with Gasteiger partial charge in [0, 0.05) is 18.6 Å². The quantitative estimate of drug-likeness (QED) is 0.668. The highest BCUT2D eigenvalue weighted by Gasteiger charge is 2.12. The summed E-state index contributed by atoms with van der Waals surface area (Å²) >= 11 is 1.15. The highest BCUT2D eigenvalue weighted by molar-refractivity contribution is 7.08. The van der Waals surface area contributed by atoms with Crippen LogP contribution in [-0.4, -0.2) is 20.1 Å². The molecule has 0 spiro atoms. The summed E-state index contributed by atoms with van der Waals surface area (Å²) in [6.45, 7) is 0.